The van der Waals surface area contributed by atoms with Crippen molar-refractivity contribution in [1.29, 1.82) is 0 Å². The van der Waals surface area contributed by atoms with Crippen LogP contribution in [0.15, 0.2) is 12.2 Å². The van der Waals surface area contributed by atoms with Gasteiger partial charge in [0, 0.05) is 5.57 Å². The minimum atomic E-state index is -0.935. The van der Waals surface area contributed by atoms with Gasteiger partial charge >= 0.3 is 5.97 Å². The summed E-state index contributed by atoms with van der Waals surface area (Å²) in [6.45, 7) is 10.6. The summed E-state index contributed by atoms with van der Waals surface area (Å²) in [7, 11) is 0. The van der Waals surface area contributed by atoms with Gasteiger partial charge in [0.05, 0.1) is 0 Å². The van der Waals surface area contributed by atoms with E-state index in [1.54, 1.807) is 0 Å². The summed E-state index contributed by atoms with van der Waals surface area (Å²) in [5, 5.41) is 7.89. The first-order valence-corrected chi connectivity index (χ1v) is 5.76. The highest BCUT2D eigenvalue weighted by Crippen LogP contribution is 1.81. The third kappa shape index (κ3) is 50.4. The Morgan fingerprint density at radius 3 is 1.35 bits per heavy atom. The van der Waals surface area contributed by atoms with E-state index in [2.05, 4.69) is 20.4 Å². The number of nitrogens with two attached hydrogens (primary N) is 2. The predicted octanol–water partition coefficient (Wildman–Crippen LogP) is 2.56. The SMILES string of the molecule is C=C(C)C(=O)O.CCCCN.CCCCN.Cl. The van der Waals surface area contributed by atoms with Crippen molar-refractivity contribution in [2.75, 3.05) is 13.1 Å². The first-order valence-electron chi connectivity index (χ1n) is 5.76. The van der Waals surface area contributed by atoms with Gasteiger partial charge < -0.3 is 16.6 Å². The van der Waals surface area contributed by atoms with Crippen molar-refractivity contribution in [1.82, 2.24) is 0 Å². The fraction of sp³-hybridized carbons (Fsp3) is 0.750. The molecule has 0 aliphatic carbocycles. The highest BCUT2D eigenvalue weighted by molar-refractivity contribution is 5.85. The Morgan fingerprint density at radius 2 is 1.35 bits per heavy atom. The van der Waals surface area contributed by atoms with E-state index >= 15 is 0 Å². The Kier molecular flexibility index (Phi) is 36.6. The number of aliphatic carboxylic acids is 1. The molecule has 106 valence electrons. The van der Waals surface area contributed by atoms with E-state index in [0.717, 1.165) is 13.1 Å². The lowest BCUT2D eigenvalue weighted by Gasteiger charge is -1.80. The standard InChI is InChI=1S/2C4H11N.C4H6O2.ClH/c2*1-2-3-4-5;1-3(2)4(5)6;/h2*2-5H2,1H3;1H2,2H3,(H,5,6);1H. The molecule has 0 heterocycles. The zero-order valence-corrected chi connectivity index (χ0v) is 12.2. The quantitative estimate of drug-likeness (QED) is 0.669. The molecule has 0 spiro atoms. The monoisotopic (exact) mass is 268 g/mol. The first kappa shape index (κ1) is 25.3. The second-order valence-corrected chi connectivity index (χ2v) is 3.37. The average Bonchev–Trinajstić information content (AvgIpc) is 2.22. The van der Waals surface area contributed by atoms with Gasteiger partial charge in [0.1, 0.15) is 0 Å². The maximum atomic E-state index is 9.60. The minimum absolute atomic E-state index is 0. The number of carbonyl (C=O) groups is 1. The number of carboxylic acids is 1. The number of hydrogen-bond acceptors (Lipinski definition) is 3. The molecular formula is C12H29ClN2O2. The molecule has 0 amide bonds. The summed E-state index contributed by atoms with van der Waals surface area (Å²) in [6.07, 6.45) is 4.77. The smallest absolute Gasteiger partial charge is 0.330 e. The summed E-state index contributed by atoms with van der Waals surface area (Å²) in [5.41, 5.74) is 10.5. The van der Waals surface area contributed by atoms with Crippen LogP contribution in [0.4, 0.5) is 0 Å². The van der Waals surface area contributed by atoms with Crippen LogP contribution in [0.2, 0.25) is 0 Å². The molecular weight excluding hydrogens is 240 g/mol. The molecule has 0 unspecified atom stereocenters. The third-order valence-corrected chi connectivity index (χ3v) is 1.48. The van der Waals surface area contributed by atoms with Crippen molar-refractivity contribution >= 4 is 18.4 Å². The van der Waals surface area contributed by atoms with Gasteiger partial charge in [-0.25, -0.2) is 4.79 Å². The zero-order chi connectivity index (χ0) is 13.4. The van der Waals surface area contributed by atoms with E-state index in [-0.39, 0.29) is 18.0 Å². The highest BCUT2D eigenvalue weighted by Gasteiger charge is 1.90. The Labute approximate surface area is 112 Å². The zero-order valence-electron chi connectivity index (χ0n) is 11.4. The summed E-state index contributed by atoms with van der Waals surface area (Å²) in [6, 6.07) is 0. The lowest BCUT2D eigenvalue weighted by atomic mass is 10.3. The molecule has 0 radical (unpaired) electrons. The maximum absolute atomic E-state index is 9.60. The first-order chi connectivity index (χ1) is 7.47. The molecule has 0 saturated heterocycles. The molecule has 0 bridgehead atoms. The Balaban J connectivity index is -0.0000000729. The molecule has 0 aliphatic rings. The third-order valence-electron chi connectivity index (χ3n) is 1.48. The Hall–Kier alpha value is -0.580. The van der Waals surface area contributed by atoms with Crippen molar-refractivity contribution in [3.63, 3.8) is 0 Å². The molecule has 5 heteroatoms. The van der Waals surface area contributed by atoms with Gasteiger partial charge in [0.2, 0.25) is 0 Å². The molecule has 17 heavy (non-hydrogen) atoms. The van der Waals surface area contributed by atoms with E-state index in [9.17, 15) is 4.79 Å². The van der Waals surface area contributed by atoms with Crippen molar-refractivity contribution in [3.8, 4) is 0 Å². The fourth-order valence-electron chi connectivity index (χ4n) is 0.408. The summed E-state index contributed by atoms with van der Waals surface area (Å²) in [4.78, 5) is 9.60. The number of halogens is 1. The van der Waals surface area contributed by atoms with Gasteiger partial charge in [0.25, 0.3) is 0 Å². The van der Waals surface area contributed by atoms with Crippen molar-refractivity contribution in [2.24, 2.45) is 11.5 Å². The van der Waals surface area contributed by atoms with Crippen LogP contribution in [0.3, 0.4) is 0 Å². The molecule has 0 aromatic rings. The van der Waals surface area contributed by atoms with E-state index < -0.39 is 5.97 Å². The topological polar surface area (TPSA) is 89.3 Å². The van der Waals surface area contributed by atoms with E-state index in [4.69, 9.17) is 16.6 Å². The van der Waals surface area contributed by atoms with Crippen LogP contribution in [0.5, 0.6) is 0 Å². The Bertz CT molecular complexity index is 143. The molecule has 0 saturated carbocycles. The van der Waals surface area contributed by atoms with Crippen LogP contribution in [0, 0.1) is 0 Å². The molecule has 0 atom stereocenters. The molecule has 4 nitrogen and oxygen atoms in total. The largest absolute Gasteiger partial charge is 0.478 e. The van der Waals surface area contributed by atoms with Gasteiger partial charge in [-0.1, -0.05) is 33.3 Å². The summed E-state index contributed by atoms with van der Waals surface area (Å²) < 4.78 is 0. The molecule has 0 rings (SSSR count). The van der Waals surface area contributed by atoms with Crippen LogP contribution in [0.25, 0.3) is 0 Å². The van der Waals surface area contributed by atoms with Crippen molar-refractivity contribution in [2.45, 2.75) is 46.5 Å². The summed E-state index contributed by atoms with van der Waals surface area (Å²) in [5.74, 6) is -0.935. The lowest BCUT2D eigenvalue weighted by Crippen LogP contribution is -1.95. The number of carboxylic acid groups (broad SMARTS) is 1. The number of unbranched alkanes of at least 4 members (excludes halogenated alkanes) is 2. The van der Waals surface area contributed by atoms with Gasteiger partial charge in [0.15, 0.2) is 0 Å². The van der Waals surface area contributed by atoms with Crippen LogP contribution in [-0.4, -0.2) is 24.2 Å². The normalized spacial score (nSPS) is 7.59. The summed E-state index contributed by atoms with van der Waals surface area (Å²) >= 11 is 0. The molecule has 0 fully saturated rings. The minimum Gasteiger partial charge on any atom is -0.478 e. The molecule has 0 aliphatic heterocycles. The number of hydrogen-bond donors (Lipinski definition) is 3. The van der Waals surface area contributed by atoms with E-state index in [1.807, 2.05) is 0 Å². The highest BCUT2D eigenvalue weighted by atomic mass is 35.5. The van der Waals surface area contributed by atoms with Crippen LogP contribution >= 0.6 is 12.4 Å². The van der Waals surface area contributed by atoms with Gasteiger partial charge in [-0.15, -0.1) is 12.4 Å². The lowest BCUT2D eigenvalue weighted by molar-refractivity contribution is -0.132. The van der Waals surface area contributed by atoms with Crippen LogP contribution in [-0.2, 0) is 4.79 Å². The van der Waals surface area contributed by atoms with E-state index in [1.165, 1.54) is 32.6 Å². The maximum Gasteiger partial charge on any atom is 0.330 e. The number of rotatable bonds is 5. The van der Waals surface area contributed by atoms with E-state index in [0.29, 0.717) is 0 Å². The van der Waals surface area contributed by atoms with Crippen LogP contribution in [0.1, 0.15) is 46.5 Å². The van der Waals surface area contributed by atoms with Crippen molar-refractivity contribution < 1.29 is 9.90 Å². The average molecular weight is 269 g/mol. The second kappa shape index (κ2) is 24.6. The van der Waals surface area contributed by atoms with Gasteiger partial charge in [-0.2, -0.15) is 0 Å². The molecule has 0 aromatic carbocycles. The van der Waals surface area contributed by atoms with Gasteiger partial charge in [-0.05, 0) is 32.9 Å². The second-order valence-electron chi connectivity index (χ2n) is 3.37. The van der Waals surface area contributed by atoms with Crippen molar-refractivity contribution in [3.05, 3.63) is 12.2 Å². The van der Waals surface area contributed by atoms with Gasteiger partial charge in [-0.3, -0.25) is 0 Å². The molecule has 0 aromatic heterocycles. The fourth-order valence-corrected chi connectivity index (χ4v) is 0.408. The van der Waals surface area contributed by atoms with Crippen LogP contribution < -0.4 is 11.5 Å². The predicted molar refractivity (Wildman–Crippen MR) is 77.6 cm³/mol. The molecule has 5 N–H and O–H groups in total. The Morgan fingerprint density at radius 1 is 1.12 bits per heavy atom.